The third-order valence-electron chi connectivity index (χ3n) is 4.11. The van der Waals surface area contributed by atoms with Crippen LogP contribution in [0.5, 0.6) is 0 Å². The minimum Gasteiger partial charge on any atom is -0.372 e. The molecule has 0 unspecified atom stereocenters. The van der Waals surface area contributed by atoms with Crippen molar-refractivity contribution in [2.24, 2.45) is 0 Å². The second kappa shape index (κ2) is 6.86. The van der Waals surface area contributed by atoms with E-state index in [0.717, 1.165) is 30.6 Å². The standard InChI is InChI=1S/C19H21NO2/c1-14(21)15-6-8-16(9-7-15)19-5-3-2-4-17(19)13-22-18-10-11-20-12-18/h2-9,18,20H,10-13H2,1H3/t18-/m0/s1. The molecule has 114 valence electrons. The molecule has 3 rings (SSSR count). The summed E-state index contributed by atoms with van der Waals surface area (Å²) in [4.78, 5) is 11.4. The predicted molar refractivity (Wildman–Crippen MR) is 87.9 cm³/mol. The lowest BCUT2D eigenvalue weighted by atomic mass is 9.98. The summed E-state index contributed by atoms with van der Waals surface area (Å²) in [6.45, 7) is 4.19. The van der Waals surface area contributed by atoms with Crippen molar-refractivity contribution in [1.29, 1.82) is 0 Å². The summed E-state index contributed by atoms with van der Waals surface area (Å²) >= 11 is 0. The number of rotatable bonds is 5. The molecule has 0 bridgehead atoms. The summed E-state index contributed by atoms with van der Waals surface area (Å²) in [5.41, 5.74) is 4.22. The van der Waals surface area contributed by atoms with E-state index in [2.05, 4.69) is 17.4 Å². The predicted octanol–water partition coefficient (Wildman–Crippen LogP) is 3.43. The minimum atomic E-state index is 0.0944. The summed E-state index contributed by atoms with van der Waals surface area (Å²) in [6, 6.07) is 16.1. The highest BCUT2D eigenvalue weighted by atomic mass is 16.5. The van der Waals surface area contributed by atoms with E-state index in [-0.39, 0.29) is 5.78 Å². The molecule has 0 radical (unpaired) electrons. The first-order valence-electron chi connectivity index (χ1n) is 7.75. The molecule has 1 aliphatic rings. The number of benzene rings is 2. The fourth-order valence-corrected chi connectivity index (χ4v) is 2.79. The van der Waals surface area contributed by atoms with Crippen molar-refractivity contribution in [1.82, 2.24) is 5.32 Å². The van der Waals surface area contributed by atoms with Crippen LogP contribution in [0.15, 0.2) is 48.5 Å². The Morgan fingerprint density at radius 3 is 2.64 bits per heavy atom. The third kappa shape index (κ3) is 3.43. The van der Waals surface area contributed by atoms with Gasteiger partial charge in [0, 0.05) is 12.1 Å². The van der Waals surface area contributed by atoms with E-state index in [1.165, 1.54) is 11.1 Å². The lowest BCUT2D eigenvalue weighted by Gasteiger charge is -2.14. The molecular weight excluding hydrogens is 274 g/mol. The molecule has 3 nitrogen and oxygen atoms in total. The van der Waals surface area contributed by atoms with Crippen molar-refractivity contribution < 1.29 is 9.53 Å². The highest BCUT2D eigenvalue weighted by Gasteiger charge is 2.15. The van der Waals surface area contributed by atoms with E-state index in [1.807, 2.05) is 36.4 Å². The van der Waals surface area contributed by atoms with Crippen molar-refractivity contribution in [2.75, 3.05) is 13.1 Å². The van der Waals surface area contributed by atoms with E-state index in [9.17, 15) is 4.79 Å². The maximum Gasteiger partial charge on any atom is 0.159 e. The molecule has 1 N–H and O–H groups in total. The number of nitrogens with one attached hydrogen (secondary N) is 1. The molecule has 1 atom stereocenters. The molecule has 0 saturated carbocycles. The van der Waals surface area contributed by atoms with Crippen molar-refractivity contribution in [3.05, 3.63) is 59.7 Å². The van der Waals surface area contributed by atoms with Crippen molar-refractivity contribution in [3.8, 4) is 11.1 Å². The molecule has 3 heteroatoms. The number of ether oxygens (including phenoxy) is 1. The Kier molecular flexibility index (Phi) is 4.66. The van der Waals surface area contributed by atoms with Gasteiger partial charge >= 0.3 is 0 Å². The zero-order chi connectivity index (χ0) is 15.4. The molecule has 1 aliphatic heterocycles. The molecule has 2 aromatic rings. The largest absolute Gasteiger partial charge is 0.372 e. The van der Waals surface area contributed by atoms with Gasteiger partial charge in [0.2, 0.25) is 0 Å². The topological polar surface area (TPSA) is 38.3 Å². The SMILES string of the molecule is CC(=O)c1ccc(-c2ccccc2CO[C@H]2CCNC2)cc1. The van der Waals surface area contributed by atoms with Gasteiger partial charge in [-0.3, -0.25) is 4.79 Å². The monoisotopic (exact) mass is 295 g/mol. The van der Waals surface area contributed by atoms with Crippen LogP contribution in [0.2, 0.25) is 0 Å². The average Bonchev–Trinajstić information content (AvgIpc) is 3.07. The fourth-order valence-electron chi connectivity index (χ4n) is 2.79. The Morgan fingerprint density at radius 1 is 1.18 bits per heavy atom. The number of ketones is 1. The Labute approximate surface area is 131 Å². The highest BCUT2D eigenvalue weighted by Crippen LogP contribution is 2.25. The molecule has 0 spiro atoms. The summed E-state index contributed by atoms with van der Waals surface area (Å²) in [5.74, 6) is 0.0944. The normalized spacial score (nSPS) is 17.6. The molecule has 1 saturated heterocycles. The van der Waals surface area contributed by atoms with Gasteiger partial charge in [-0.05, 0) is 36.6 Å². The van der Waals surface area contributed by atoms with E-state index < -0.39 is 0 Å². The Bertz CT molecular complexity index is 643. The van der Waals surface area contributed by atoms with Crippen LogP contribution in [0.25, 0.3) is 11.1 Å². The van der Waals surface area contributed by atoms with Gasteiger partial charge in [-0.15, -0.1) is 0 Å². The van der Waals surface area contributed by atoms with Crippen LogP contribution in [-0.4, -0.2) is 25.0 Å². The van der Waals surface area contributed by atoms with E-state index in [1.54, 1.807) is 6.92 Å². The van der Waals surface area contributed by atoms with Crippen molar-refractivity contribution in [3.63, 3.8) is 0 Å². The van der Waals surface area contributed by atoms with Gasteiger partial charge in [0.25, 0.3) is 0 Å². The molecule has 2 aromatic carbocycles. The zero-order valence-corrected chi connectivity index (χ0v) is 12.8. The number of carbonyl (C=O) groups excluding carboxylic acids is 1. The maximum absolute atomic E-state index is 11.4. The lowest BCUT2D eigenvalue weighted by Crippen LogP contribution is -2.16. The molecule has 22 heavy (non-hydrogen) atoms. The second-order valence-electron chi connectivity index (χ2n) is 5.72. The van der Waals surface area contributed by atoms with Gasteiger partial charge in [0.05, 0.1) is 12.7 Å². The first kappa shape index (κ1) is 14.9. The second-order valence-corrected chi connectivity index (χ2v) is 5.72. The van der Waals surface area contributed by atoms with Crippen LogP contribution < -0.4 is 5.32 Å². The quantitative estimate of drug-likeness (QED) is 0.859. The molecule has 0 aromatic heterocycles. The molecule has 1 heterocycles. The van der Waals surface area contributed by atoms with Crippen LogP contribution in [0.1, 0.15) is 29.3 Å². The van der Waals surface area contributed by atoms with E-state index in [0.29, 0.717) is 12.7 Å². The van der Waals surface area contributed by atoms with Crippen molar-refractivity contribution >= 4 is 5.78 Å². The average molecular weight is 295 g/mol. The molecular formula is C19H21NO2. The zero-order valence-electron chi connectivity index (χ0n) is 12.8. The number of hydrogen-bond acceptors (Lipinski definition) is 3. The van der Waals surface area contributed by atoms with E-state index in [4.69, 9.17) is 4.74 Å². The summed E-state index contributed by atoms with van der Waals surface area (Å²) in [6.07, 6.45) is 1.39. The van der Waals surface area contributed by atoms with E-state index >= 15 is 0 Å². The Balaban J connectivity index is 1.79. The van der Waals surface area contributed by atoms with Gasteiger partial charge in [-0.1, -0.05) is 48.5 Å². The van der Waals surface area contributed by atoms with Gasteiger partial charge in [-0.25, -0.2) is 0 Å². The maximum atomic E-state index is 11.4. The van der Waals surface area contributed by atoms with Gasteiger partial charge < -0.3 is 10.1 Å². The lowest BCUT2D eigenvalue weighted by molar-refractivity contribution is 0.0545. The highest BCUT2D eigenvalue weighted by molar-refractivity contribution is 5.94. The van der Waals surface area contributed by atoms with Crippen molar-refractivity contribution in [2.45, 2.75) is 26.1 Å². The summed E-state index contributed by atoms with van der Waals surface area (Å²) < 4.78 is 6.00. The van der Waals surface area contributed by atoms with Crippen LogP contribution in [-0.2, 0) is 11.3 Å². The smallest absolute Gasteiger partial charge is 0.159 e. The fraction of sp³-hybridized carbons (Fsp3) is 0.316. The van der Waals surface area contributed by atoms with Crippen LogP contribution in [0, 0.1) is 0 Å². The Hall–Kier alpha value is -1.97. The number of carbonyl (C=O) groups is 1. The third-order valence-corrected chi connectivity index (χ3v) is 4.11. The first-order valence-corrected chi connectivity index (χ1v) is 7.75. The molecule has 1 fully saturated rings. The van der Waals surface area contributed by atoms with Gasteiger partial charge in [-0.2, -0.15) is 0 Å². The number of hydrogen-bond donors (Lipinski definition) is 1. The first-order chi connectivity index (χ1) is 10.7. The van der Waals surface area contributed by atoms with Gasteiger partial charge in [0.1, 0.15) is 0 Å². The minimum absolute atomic E-state index is 0.0944. The van der Waals surface area contributed by atoms with Crippen LogP contribution >= 0.6 is 0 Å². The van der Waals surface area contributed by atoms with Gasteiger partial charge in [0.15, 0.2) is 5.78 Å². The molecule has 0 aliphatic carbocycles. The molecule has 0 amide bonds. The van der Waals surface area contributed by atoms with Crippen LogP contribution in [0.3, 0.4) is 0 Å². The summed E-state index contributed by atoms with van der Waals surface area (Å²) in [5, 5.41) is 3.31. The number of Topliss-reactive ketones (excluding diaryl/α,β-unsaturated/α-hetero) is 1. The summed E-state index contributed by atoms with van der Waals surface area (Å²) in [7, 11) is 0. The van der Waals surface area contributed by atoms with Crippen LogP contribution in [0.4, 0.5) is 0 Å². The Morgan fingerprint density at radius 2 is 1.95 bits per heavy atom.